The number of hydrogen-bond acceptors (Lipinski definition) is 5. The molecule has 1 saturated heterocycles. The second kappa shape index (κ2) is 7.10. The van der Waals surface area contributed by atoms with Crippen LogP contribution in [0.3, 0.4) is 0 Å². The monoisotopic (exact) mass is 335 g/mol. The summed E-state index contributed by atoms with van der Waals surface area (Å²) in [5.74, 6) is -0.411. The molecule has 0 saturated carbocycles. The zero-order valence-electron chi connectivity index (χ0n) is 12.9. The number of halogens is 1. The molecule has 0 spiro atoms. The fourth-order valence-electron chi connectivity index (χ4n) is 2.60. The molecule has 1 fully saturated rings. The summed E-state index contributed by atoms with van der Waals surface area (Å²) in [6.07, 6.45) is 5.90. The maximum absolute atomic E-state index is 11.5. The van der Waals surface area contributed by atoms with Crippen LogP contribution in [-0.2, 0) is 14.3 Å². The van der Waals surface area contributed by atoms with Crippen LogP contribution in [0, 0.1) is 0 Å². The molecule has 1 atom stereocenters. The van der Waals surface area contributed by atoms with E-state index in [-0.39, 0.29) is 6.23 Å². The first-order valence-electron chi connectivity index (χ1n) is 7.70. The Hall–Kier alpha value is -1.92. The van der Waals surface area contributed by atoms with E-state index >= 15 is 0 Å². The van der Waals surface area contributed by atoms with Gasteiger partial charge in [-0.2, -0.15) is 5.10 Å². The van der Waals surface area contributed by atoms with E-state index in [1.807, 2.05) is 10.7 Å². The van der Waals surface area contributed by atoms with Gasteiger partial charge in [-0.1, -0.05) is 11.6 Å². The highest BCUT2D eigenvalue weighted by Gasteiger charge is 2.21. The number of nitrogens with zero attached hydrogens (tertiary/aromatic N) is 3. The second-order valence-electron chi connectivity index (χ2n) is 5.24. The van der Waals surface area contributed by atoms with Crippen molar-refractivity contribution in [2.24, 2.45) is 0 Å². The third kappa shape index (κ3) is 3.54. The minimum atomic E-state index is -0.411. The van der Waals surface area contributed by atoms with Crippen LogP contribution in [0.4, 0.5) is 0 Å². The van der Waals surface area contributed by atoms with Crippen LogP contribution in [0.1, 0.15) is 38.1 Å². The number of esters is 1. The summed E-state index contributed by atoms with van der Waals surface area (Å²) < 4.78 is 12.5. The summed E-state index contributed by atoms with van der Waals surface area (Å²) >= 11 is 6.00. The highest BCUT2D eigenvalue weighted by molar-refractivity contribution is 6.29. The van der Waals surface area contributed by atoms with Gasteiger partial charge in [0.1, 0.15) is 16.4 Å². The van der Waals surface area contributed by atoms with Crippen molar-refractivity contribution >= 4 is 34.7 Å². The molecular formula is C16H18ClN3O3. The van der Waals surface area contributed by atoms with Gasteiger partial charge in [-0.25, -0.2) is 14.5 Å². The van der Waals surface area contributed by atoms with Crippen molar-refractivity contribution in [3.05, 3.63) is 29.1 Å². The molecule has 0 amide bonds. The molecule has 0 aromatic carbocycles. The van der Waals surface area contributed by atoms with E-state index in [1.54, 1.807) is 19.1 Å². The molecule has 1 aliphatic rings. The van der Waals surface area contributed by atoms with Crippen molar-refractivity contribution in [2.75, 3.05) is 13.2 Å². The van der Waals surface area contributed by atoms with E-state index in [0.29, 0.717) is 23.0 Å². The number of pyridine rings is 1. The highest BCUT2D eigenvalue weighted by Crippen LogP contribution is 2.28. The van der Waals surface area contributed by atoms with Gasteiger partial charge in [0.15, 0.2) is 6.23 Å². The molecule has 3 rings (SSSR count). The number of carbonyl (C=O) groups excluding carboxylic acids is 1. The van der Waals surface area contributed by atoms with Gasteiger partial charge in [0.2, 0.25) is 0 Å². The molecule has 23 heavy (non-hydrogen) atoms. The van der Waals surface area contributed by atoms with Crippen LogP contribution in [0.5, 0.6) is 0 Å². The molecule has 2 aromatic rings. The molecule has 0 N–H and O–H groups in total. The second-order valence-corrected chi connectivity index (χ2v) is 5.63. The highest BCUT2D eigenvalue weighted by atomic mass is 35.5. The minimum Gasteiger partial charge on any atom is -0.463 e. The number of aromatic nitrogens is 3. The average molecular weight is 336 g/mol. The maximum Gasteiger partial charge on any atom is 0.330 e. The van der Waals surface area contributed by atoms with Gasteiger partial charge in [-0.3, -0.25) is 0 Å². The molecule has 3 heterocycles. The molecule has 6 nitrogen and oxygen atoms in total. The first-order valence-corrected chi connectivity index (χ1v) is 8.08. The van der Waals surface area contributed by atoms with Crippen molar-refractivity contribution in [1.82, 2.24) is 14.8 Å². The Labute approximate surface area is 139 Å². The summed E-state index contributed by atoms with van der Waals surface area (Å²) in [4.78, 5) is 15.9. The molecule has 0 bridgehead atoms. The Balaban J connectivity index is 1.99. The Morgan fingerprint density at radius 1 is 1.52 bits per heavy atom. The van der Waals surface area contributed by atoms with Gasteiger partial charge in [-0.15, -0.1) is 0 Å². The topological polar surface area (TPSA) is 66.2 Å². The zero-order valence-corrected chi connectivity index (χ0v) is 13.6. The van der Waals surface area contributed by atoms with Crippen LogP contribution in [0.15, 0.2) is 18.2 Å². The molecule has 0 radical (unpaired) electrons. The van der Waals surface area contributed by atoms with E-state index in [4.69, 9.17) is 21.1 Å². The standard InChI is InChI=1S/C16H18ClN3O3/c1-2-22-15(21)9-6-11-16-12(7-8-13(17)18-16)20(19-11)14-5-3-4-10-23-14/h6-9,14H,2-5,10H2,1H3/b9-6+. The van der Waals surface area contributed by atoms with Crippen LogP contribution in [-0.4, -0.2) is 33.9 Å². The third-order valence-corrected chi connectivity index (χ3v) is 3.85. The lowest BCUT2D eigenvalue weighted by Crippen LogP contribution is -2.19. The normalized spacial score (nSPS) is 18.6. The number of carbonyl (C=O) groups is 1. The summed E-state index contributed by atoms with van der Waals surface area (Å²) in [5.41, 5.74) is 2.06. The van der Waals surface area contributed by atoms with E-state index in [9.17, 15) is 4.79 Å². The SMILES string of the molecule is CCOC(=O)/C=C/c1nn(C2CCCCO2)c2ccc(Cl)nc12. The summed E-state index contributed by atoms with van der Waals surface area (Å²) in [5, 5.41) is 4.94. The third-order valence-electron chi connectivity index (χ3n) is 3.64. The molecular weight excluding hydrogens is 318 g/mol. The summed E-state index contributed by atoms with van der Waals surface area (Å²) in [6, 6.07) is 3.60. The molecule has 7 heteroatoms. The molecule has 2 aromatic heterocycles. The van der Waals surface area contributed by atoms with E-state index < -0.39 is 5.97 Å². The van der Waals surface area contributed by atoms with Gasteiger partial charge in [0, 0.05) is 12.7 Å². The Morgan fingerprint density at radius 3 is 3.13 bits per heavy atom. The van der Waals surface area contributed by atoms with Crippen molar-refractivity contribution in [2.45, 2.75) is 32.4 Å². The predicted molar refractivity (Wildman–Crippen MR) is 87.0 cm³/mol. The van der Waals surface area contributed by atoms with Gasteiger partial charge in [0.25, 0.3) is 0 Å². The number of rotatable bonds is 4. The summed E-state index contributed by atoms with van der Waals surface area (Å²) in [6.45, 7) is 2.82. The van der Waals surface area contributed by atoms with E-state index in [0.717, 1.165) is 31.4 Å². The summed E-state index contributed by atoms with van der Waals surface area (Å²) in [7, 11) is 0. The quantitative estimate of drug-likeness (QED) is 0.487. The average Bonchev–Trinajstić information content (AvgIpc) is 2.92. The fraction of sp³-hybridized carbons (Fsp3) is 0.438. The number of hydrogen-bond donors (Lipinski definition) is 0. The van der Waals surface area contributed by atoms with Crippen molar-refractivity contribution in [1.29, 1.82) is 0 Å². The van der Waals surface area contributed by atoms with Crippen molar-refractivity contribution in [3.8, 4) is 0 Å². The first-order chi connectivity index (χ1) is 11.2. The first kappa shape index (κ1) is 16.0. The molecule has 122 valence electrons. The lowest BCUT2D eigenvalue weighted by molar-refractivity contribution is -0.137. The minimum absolute atomic E-state index is 0.112. The van der Waals surface area contributed by atoms with E-state index in [1.165, 1.54) is 6.08 Å². The van der Waals surface area contributed by atoms with Crippen molar-refractivity contribution < 1.29 is 14.3 Å². The smallest absolute Gasteiger partial charge is 0.330 e. The van der Waals surface area contributed by atoms with Crippen LogP contribution < -0.4 is 0 Å². The Bertz CT molecular complexity index is 735. The maximum atomic E-state index is 11.5. The van der Waals surface area contributed by atoms with Gasteiger partial charge in [0.05, 0.1) is 12.1 Å². The van der Waals surface area contributed by atoms with Crippen LogP contribution >= 0.6 is 11.6 Å². The number of fused-ring (bicyclic) bond motifs is 1. The Morgan fingerprint density at radius 2 is 2.39 bits per heavy atom. The molecule has 0 aliphatic carbocycles. The largest absolute Gasteiger partial charge is 0.463 e. The predicted octanol–water partition coefficient (Wildman–Crippen LogP) is 3.36. The van der Waals surface area contributed by atoms with Gasteiger partial charge < -0.3 is 9.47 Å². The Kier molecular flexibility index (Phi) is 4.93. The fourth-order valence-corrected chi connectivity index (χ4v) is 2.75. The van der Waals surface area contributed by atoms with Crippen molar-refractivity contribution in [3.63, 3.8) is 0 Å². The van der Waals surface area contributed by atoms with Crippen LogP contribution in [0.25, 0.3) is 17.1 Å². The zero-order chi connectivity index (χ0) is 16.2. The lowest BCUT2D eigenvalue weighted by Gasteiger charge is -2.23. The van der Waals surface area contributed by atoms with E-state index in [2.05, 4.69) is 10.1 Å². The number of ether oxygens (including phenoxy) is 2. The lowest BCUT2D eigenvalue weighted by atomic mass is 10.2. The van der Waals surface area contributed by atoms with Gasteiger partial charge in [-0.05, 0) is 44.4 Å². The van der Waals surface area contributed by atoms with Crippen LogP contribution in [0.2, 0.25) is 5.15 Å². The molecule has 1 aliphatic heterocycles. The molecule has 1 unspecified atom stereocenters. The van der Waals surface area contributed by atoms with Gasteiger partial charge >= 0.3 is 5.97 Å².